The Hall–Kier alpha value is -2.64. The zero-order valence-electron chi connectivity index (χ0n) is 19.2. The normalized spacial score (nSPS) is 11.7. The molecule has 0 bridgehead atoms. The van der Waals surface area contributed by atoms with E-state index in [0.717, 1.165) is 11.1 Å². The van der Waals surface area contributed by atoms with Crippen molar-refractivity contribution in [3.63, 3.8) is 0 Å². The van der Waals surface area contributed by atoms with Gasteiger partial charge in [-0.2, -0.15) is 0 Å². The van der Waals surface area contributed by atoms with Crippen molar-refractivity contribution in [1.82, 2.24) is 0 Å². The summed E-state index contributed by atoms with van der Waals surface area (Å²) < 4.78 is 29.8. The van der Waals surface area contributed by atoms with Gasteiger partial charge in [-0.3, -0.25) is 0 Å². The van der Waals surface area contributed by atoms with E-state index in [1.807, 2.05) is 107 Å². The summed E-state index contributed by atoms with van der Waals surface area (Å²) in [4.78, 5) is 13.1. The second-order valence-electron chi connectivity index (χ2n) is 8.67. The Kier molecular flexibility index (Phi) is 8.86. The summed E-state index contributed by atoms with van der Waals surface area (Å²) in [5, 5.41) is 10.8. The van der Waals surface area contributed by atoms with Crippen LogP contribution in [0.2, 0.25) is 0 Å². The number of hydrogen-bond acceptors (Lipinski definition) is 3. The number of carboxylic acids is 1. The van der Waals surface area contributed by atoms with E-state index in [2.05, 4.69) is 0 Å². The predicted octanol–water partition coefficient (Wildman–Crippen LogP) is 4.61. The van der Waals surface area contributed by atoms with Crippen molar-refractivity contribution in [3.8, 4) is 5.75 Å². The van der Waals surface area contributed by atoms with Gasteiger partial charge in [0.15, 0.2) is 0 Å². The van der Waals surface area contributed by atoms with Crippen LogP contribution in [-0.2, 0) is 37.6 Å². The first-order valence-corrected chi connectivity index (χ1v) is 12.5. The Morgan fingerprint density at radius 3 is 1.30 bits per heavy atom. The van der Waals surface area contributed by atoms with E-state index in [9.17, 15) is 9.90 Å². The molecule has 33 heavy (non-hydrogen) atoms. The fourth-order valence-corrected chi connectivity index (χ4v) is 4.40. The number of rotatable bonds is 7. The number of ether oxygens (including phenoxy) is 1. The van der Waals surface area contributed by atoms with Gasteiger partial charge >= 0.3 is 35.3 Å². The number of aliphatic carboxylic acids is 1. The molecule has 0 fully saturated rings. The number of carboxylic acid groups (broad SMARTS) is 1. The molecule has 3 aromatic rings. The van der Waals surface area contributed by atoms with Crippen LogP contribution in [0.4, 0.5) is 0 Å². The molecule has 0 saturated heterocycles. The standard InChI is InChI=1S/C26H28O3.2H2O.O.Ti/c1-24(2,20-14-8-5-9-15-20)26(23(27)28,29-22-18-12-7-13-19-22)25(3,4)21-16-10-6-11-17-21;;;;/h5-19H,1-4H3,(H,27,28);2*1H2;;/q;;;;+2/p-2. The maximum absolute atomic E-state index is 13.1. The zero-order chi connectivity index (χ0) is 24.7. The number of benzene rings is 3. The van der Waals surface area contributed by atoms with E-state index >= 15 is 0 Å². The van der Waals surface area contributed by atoms with Gasteiger partial charge in [-0.05, 0) is 23.3 Å². The molecule has 0 spiro atoms. The van der Waals surface area contributed by atoms with Gasteiger partial charge in [0.1, 0.15) is 5.75 Å². The number of para-hydroxylation sites is 1. The molecule has 0 aliphatic heterocycles. The van der Waals surface area contributed by atoms with Crippen LogP contribution in [0.5, 0.6) is 5.75 Å². The number of hydrogen-bond donors (Lipinski definition) is 3. The second-order valence-corrected chi connectivity index (χ2v) is 9.55. The summed E-state index contributed by atoms with van der Waals surface area (Å²) >= 11 is -3.58. The summed E-state index contributed by atoms with van der Waals surface area (Å²) in [5.74, 6) is -0.466. The van der Waals surface area contributed by atoms with E-state index in [1.165, 1.54) is 0 Å². The van der Waals surface area contributed by atoms with Gasteiger partial charge in [-0.25, -0.2) is 4.79 Å². The SMILES string of the molecule is CC(C)(c1ccccc1)C(Oc1ccccc1)(C(=O)O)C(C)(C)c1ccccc1.[O]=[Ti]([OH])[OH]. The molecule has 6 nitrogen and oxygen atoms in total. The monoisotopic (exact) mass is 486 g/mol. The molecule has 0 aliphatic rings. The Bertz CT molecular complexity index is 994. The molecule has 174 valence electrons. The van der Waals surface area contributed by atoms with Crippen LogP contribution in [-0.4, -0.2) is 24.1 Å². The van der Waals surface area contributed by atoms with Crippen molar-refractivity contribution >= 4 is 5.97 Å². The Balaban J connectivity index is 0.000000890. The predicted molar refractivity (Wildman–Crippen MR) is 121 cm³/mol. The van der Waals surface area contributed by atoms with Gasteiger partial charge < -0.3 is 9.84 Å². The molecular formula is C26H30O6Ti. The molecule has 3 aromatic carbocycles. The molecule has 0 heterocycles. The molecule has 0 aliphatic carbocycles. The van der Waals surface area contributed by atoms with E-state index in [0.29, 0.717) is 5.75 Å². The van der Waals surface area contributed by atoms with Crippen molar-refractivity contribution in [2.45, 2.75) is 44.1 Å². The zero-order valence-corrected chi connectivity index (χ0v) is 20.8. The van der Waals surface area contributed by atoms with Crippen molar-refractivity contribution in [2.24, 2.45) is 0 Å². The summed E-state index contributed by atoms with van der Waals surface area (Å²) in [7, 11) is 0. The average Bonchev–Trinajstić information content (AvgIpc) is 2.78. The average molecular weight is 486 g/mol. The van der Waals surface area contributed by atoms with E-state index < -0.39 is 41.0 Å². The fourth-order valence-electron chi connectivity index (χ4n) is 4.40. The molecule has 0 amide bonds. The fraction of sp³-hybridized carbons (Fsp3) is 0.269. The minimum absolute atomic E-state index is 0.530. The third-order valence-corrected chi connectivity index (χ3v) is 6.07. The van der Waals surface area contributed by atoms with Gasteiger partial charge in [0.2, 0.25) is 5.60 Å². The molecule has 0 unspecified atom stereocenters. The summed E-state index contributed by atoms with van der Waals surface area (Å²) in [5.41, 5.74) is -1.47. The minimum atomic E-state index is -3.58. The topological polar surface area (TPSA) is 104 Å². The van der Waals surface area contributed by atoms with Crippen LogP contribution < -0.4 is 4.74 Å². The second kappa shape index (κ2) is 11.0. The molecular weight excluding hydrogens is 456 g/mol. The summed E-state index contributed by atoms with van der Waals surface area (Å²) in [6.45, 7) is 7.79. The van der Waals surface area contributed by atoms with Crippen molar-refractivity contribution < 1.29 is 44.0 Å². The molecule has 3 rings (SSSR count). The van der Waals surface area contributed by atoms with Gasteiger partial charge in [0.25, 0.3) is 0 Å². The quantitative estimate of drug-likeness (QED) is 0.422. The third kappa shape index (κ3) is 5.65. The van der Waals surface area contributed by atoms with Gasteiger partial charge in [0, 0.05) is 10.8 Å². The Morgan fingerprint density at radius 1 is 0.697 bits per heavy atom. The third-order valence-electron chi connectivity index (χ3n) is 6.07. The van der Waals surface area contributed by atoms with Crippen molar-refractivity contribution in [1.29, 1.82) is 0 Å². The van der Waals surface area contributed by atoms with E-state index in [4.69, 9.17) is 15.4 Å². The van der Waals surface area contributed by atoms with Crippen LogP contribution in [0, 0.1) is 0 Å². The number of carbonyl (C=O) groups is 1. The van der Waals surface area contributed by atoms with Crippen LogP contribution >= 0.6 is 0 Å². The summed E-state index contributed by atoms with van der Waals surface area (Å²) in [6, 6.07) is 28.7. The first kappa shape index (κ1) is 26.6. The molecule has 0 aromatic heterocycles. The first-order chi connectivity index (χ1) is 15.5. The van der Waals surface area contributed by atoms with Crippen LogP contribution in [0.1, 0.15) is 38.8 Å². The van der Waals surface area contributed by atoms with Gasteiger partial charge in [-0.15, -0.1) is 0 Å². The maximum atomic E-state index is 13.1. The van der Waals surface area contributed by atoms with Crippen LogP contribution in [0.15, 0.2) is 91.0 Å². The van der Waals surface area contributed by atoms with Gasteiger partial charge in [0.05, 0.1) is 0 Å². The molecule has 3 N–H and O–H groups in total. The van der Waals surface area contributed by atoms with Crippen LogP contribution in [0.3, 0.4) is 0 Å². The van der Waals surface area contributed by atoms with E-state index in [-0.39, 0.29) is 0 Å². The molecule has 0 atom stereocenters. The Morgan fingerprint density at radius 2 is 1.00 bits per heavy atom. The van der Waals surface area contributed by atoms with Crippen LogP contribution in [0.25, 0.3) is 0 Å². The molecule has 0 saturated carbocycles. The molecule has 0 radical (unpaired) electrons. The van der Waals surface area contributed by atoms with Gasteiger partial charge in [-0.1, -0.05) is 107 Å². The van der Waals surface area contributed by atoms with Crippen molar-refractivity contribution in [2.75, 3.05) is 0 Å². The Labute approximate surface area is 201 Å². The molecule has 7 heteroatoms. The first-order valence-electron chi connectivity index (χ1n) is 10.5. The van der Waals surface area contributed by atoms with Crippen molar-refractivity contribution in [3.05, 3.63) is 102 Å². The van der Waals surface area contributed by atoms with E-state index in [1.54, 1.807) is 12.1 Å². The summed E-state index contributed by atoms with van der Waals surface area (Å²) in [6.07, 6.45) is 0.